The highest BCUT2D eigenvalue weighted by atomic mass is 14.3. The van der Waals surface area contributed by atoms with Gasteiger partial charge < -0.3 is 0 Å². The van der Waals surface area contributed by atoms with Crippen LogP contribution in [0.2, 0.25) is 0 Å². The van der Waals surface area contributed by atoms with Crippen molar-refractivity contribution in [3.8, 4) is 0 Å². The van der Waals surface area contributed by atoms with E-state index in [2.05, 4.69) is 20.8 Å². The van der Waals surface area contributed by atoms with Crippen LogP contribution in [0.5, 0.6) is 0 Å². The Bertz CT molecular complexity index is 131. The Labute approximate surface area is 90.5 Å². The summed E-state index contributed by atoms with van der Waals surface area (Å²) in [5.74, 6) is 3.11. The Kier molecular flexibility index (Phi) is 5.59. The standard InChI is InChI=1S/C14H28/c1-4-6-13(5-2)11-14-9-7-12(3)8-10-14/h12-14H,4-11H2,1-3H3. The summed E-state index contributed by atoms with van der Waals surface area (Å²) >= 11 is 0. The predicted octanol–water partition coefficient (Wildman–Crippen LogP) is 5.03. The van der Waals surface area contributed by atoms with Gasteiger partial charge in [0.05, 0.1) is 0 Å². The molecule has 0 nitrogen and oxygen atoms in total. The SMILES string of the molecule is CCCC(CC)CC1CCC(C)CC1. The van der Waals surface area contributed by atoms with Gasteiger partial charge in [-0.15, -0.1) is 0 Å². The lowest BCUT2D eigenvalue weighted by atomic mass is 9.77. The van der Waals surface area contributed by atoms with Gasteiger partial charge in [-0.1, -0.05) is 65.7 Å². The summed E-state index contributed by atoms with van der Waals surface area (Å²) in [5, 5.41) is 0. The molecule has 0 aliphatic heterocycles. The van der Waals surface area contributed by atoms with Gasteiger partial charge in [0, 0.05) is 0 Å². The fraction of sp³-hybridized carbons (Fsp3) is 1.00. The van der Waals surface area contributed by atoms with Gasteiger partial charge in [0.15, 0.2) is 0 Å². The molecule has 1 rings (SSSR count). The first-order chi connectivity index (χ1) is 6.76. The van der Waals surface area contributed by atoms with Gasteiger partial charge >= 0.3 is 0 Å². The van der Waals surface area contributed by atoms with Crippen LogP contribution in [-0.4, -0.2) is 0 Å². The third kappa shape index (κ3) is 4.02. The zero-order chi connectivity index (χ0) is 10.4. The van der Waals surface area contributed by atoms with Gasteiger partial charge in [-0.2, -0.15) is 0 Å². The summed E-state index contributed by atoms with van der Waals surface area (Å²) in [6.07, 6.45) is 11.8. The Morgan fingerprint density at radius 2 is 1.71 bits per heavy atom. The van der Waals surface area contributed by atoms with E-state index in [1.807, 2.05) is 0 Å². The van der Waals surface area contributed by atoms with Crippen LogP contribution >= 0.6 is 0 Å². The normalized spacial score (nSPS) is 30.2. The first-order valence-electron chi connectivity index (χ1n) is 6.76. The maximum atomic E-state index is 2.42. The van der Waals surface area contributed by atoms with Crippen molar-refractivity contribution >= 4 is 0 Å². The third-order valence-electron chi connectivity index (χ3n) is 4.08. The Hall–Kier alpha value is 0. The lowest BCUT2D eigenvalue weighted by molar-refractivity contribution is 0.237. The van der Waals surface area contributed by atoms with Crippen LogP contribution in [0.3, 0.4) is 0 Å². The van der Waals surface area contributed by atoms with Crippen molar-refractivity contribution in [3.05, 3.63) is 0 Å². The molecule has 1 aliphatic rings. The van der Waals surface area contributed by atoms with Crippen LogP contribution < -0.4 is 0 Å². The molecular formula is C14H28. The molecule has 0 radical (unpaired) electrons. The molecule has 1 fully saturated rings. The molecule has 1 saturated carbocycles. The van der Waals surface area contributed by atoms with E-state index in [0.717, 1.165) is 17.8 Å². The summed E-state index contributed by atoms with van der Waals surface area (Å²) < 4.78 is 0. The zero-order valence-electron chi connectivity index (χ0n) is 10.4. The first kappa shape index (κ1) is 12.1. The average molecular weight is 196 g/mol. The highest BCUT2D eigenvalue weighted by molar-refractivity contribution is 4.72. The van der Waals surface area contributed by atoms with Crippen molar-refractivity contribution in [2.45, 2.75) is 72.1 Å². The Morgan fingerprint density at radius 3 is 2.21 bits per heavy atom. The van der Waals surface area contributed by atoms with Gasteiger partial charge in [0.2, 0.25) is 0 Å². The molecule has 0 amide bonds. The van der Waals surface area contributed by atoms with Crippen molar-refractivity contribution in [1.82, 2.24) is 0 Å². The summed E-state index contributed by atoms with van der Waals surface area (Å²) in [6.45, 7) is 7.11. The monoisotopic (exact) mass is 196 g/mol. The molecule has 1 aliphatic carbocycles. The first-order valence-corrected chi connectivity index (χ1v) is 6.76. The number of hydrogen-bond donors (Lipinski definition) is 0. The maximum Gasteiger partial charge on any atom is -0.0411 e. The predicted molar refractivity (Wildman–Crippen MR) is 64.4 cm³/mol. The molecule has 84 valence electrons. The Morgan fingerprint density at radius 1 is 1.07 bits per heavy atom. The van der Waals surface area contributed by atoms with Crippen molar-refractivity contribution in [2.24, 2.45) is 17.8 Å². The molecule has 0 heterocycles. The minimum absolute atomic E-state index is 1.01. The van der Waals surface area contributed by atoms with Crippen molar-refractivity contribution in [1.29, 1.82) is 0 Å². The van der Waals surface area contributed by atoms with E-state index in [-0.39, 0.29) is 0 Å². The van der Waals surface area contributed by atoms with E-state index in [4.69, 9.17) is 0 Å². The highest BCUT2D eigenvalue weighted by Gasteiger charge is 2.20. The van der Waals surface area contributed by atoms with E-state index in [1.165, 1.54) is 51.4 Å². The van der Waals surface area contributed by atoms with Gasteiger partial charge in [0.1, 0.15) is 0 Å². The lowest BCUT2D eigenvalue weighted by Gasteiger charge is -2.29. The average Bonchev–Trinajstić information content (AvgIpc) is 2.20. The van der Waals surface area contributed by atoms with Crippen molar-refractivity contribution in [3.63, 3.8) is 0 Å². The van der Waals surface area contributed by atoms with Gasteiger partial charge in [0.25, 0.3) is 0 Å². The summed E-state index contributed by atoms with van der Waals surface area (Å²) in [6, 6.07) is 0. The van der Waals surface area contributed by atoms with Crippen LogP contribution in [0, 0.1) is 17.8 Å². The lowest BCUT2D eigenvalue weighted by Crippen LogP contribution is -2.15. The van der Waals surface area contributed by atoms with Gasteiger partial charge in [-0.3, -0.25) is 0 Å². The molecule has 0 heteroatoms. The molecule has 0 aromatic rings. The topological polar surface area (TPSA) is 0 Å². The van der Waals surface area contributed by atoms with E-state index in [9.17, 15) is 0 Å². The molecule has 0 aromatic carbocycles. The molecular weight excluding hydrogens is 168 g/mol. The smallest absolute Gasteiger partial charge is 0.0411 e. The minimum atomic E-state index is 1.01. The van der Waals surface area contributed by atoms with Crippen LogP contribution in [-0.2, 0) is 0 Å². The molecule has 0 aromatic heterocycles. The number of hydrogen-bond acceptors (Lipinski definition) is 0. The molecule has 1 atom stereocenters. The van der Waals surface area contributed by atoms with Gasteiger partial charge in [-0.25, -0.2) is 0 Å². The van der Waals surface area contributed by atoms with Crippen molar-refractivity contribution < 1.29 is 0 Å². The fourth-order valence-corrected chi connectivity index (χ4v) is 2.93. The van der Waals surface area contributed by atoms with Crippen LogP contribution in [0.4, 0.5) is 0 Å². The van der Waals surface area contributed by atoms with Crippen LogP contribution in [0.15, 0.2) is 0 Å². The second-order valence-electron chi connectivity index (χ2n) is 5.42. The molecule has 0 bridgehead atoms. The second-order valence-corrected chi connectivity index (χ2v) is 5.42. The second kappa shape index (κ2) is 6.48. The van der Waals surface area contributed by atoms with E-state index in [0.29, 0.717) is 0 Å². The zero-order valence-corrected chi connectivity index (χ0v) is 10.4. The molecule has 0 spiro atoms. The largest absolute Gasteiger partial charge is 0.0654 e. The Balaban J connectivity index is 2.21. The van der Waals surface area contributed by atoms with Gasteiger partial charge in [-0.05, 0) is 24.2 Å². The summed E-state index contributed by atoms with van der Waals surface area (Å²) in [4.78, 5) is 0. The molecule has 1 unspecified atom stereocenters. The quantitative estimate of drug-likeness (QED) is 0.578. The van der Waals surface area contributed by atoms with Crippen LogP contribution in [0.25, 0.3) is 0 Å². The van der Waals surface area contributed by atoms with E-state index < -0.39 is 0 Å². The summed E-state index contributed by atoms with van der Waals surface area (Å²) in [7, 11) is 0. The van der Waals surface area contributed by atoms with E-state index >= 15 is 0 Å². The van der Waals surface area contributed by atoms with Crippen LogP contribution in [0.1, 0.15) is 72.1 Å². The molecule has 0 N–H and O–H groups in total. The van der Waals surface area contributed by atoms with E-state index in [1.54, 1.807) is 0 Å². The fourth-order valence-electron chi connectivity index (χ4n) is 2.93. The third-order valence-corrected chi connectivity index (χ3v) is 4.08. The molecule has 14 heavy (non-hydrogen) atoms. The molecule has 0 saturated heterocycles. The maximum absolute atomic E-state index is 2.42. The van der Waals surface area contributed by atoms with Crippen molar-refractivity contribution in [2.75, 3.05) is 0 Å². The number of rotatable bonds is 5. The highest BCUT2D eigenvalue weighted by Crippen LogP contribution is 2.34. The minimum Gasteiger partial charge on any atom is -0.0654 e. The summed E-state index contributed by atoms with van der Waals surface area (Å²) in [5.41, 5.74) is 0.